The van der Waals surface area contributed by atoms with Gasteiger partial charge in [-0.15, -0.1) is 0 Å². The molecule has 0 saturated heterocycles. The minimum Gasteiger partial charge on any atom is -0.298 e. The van der Waals surface area contributed by atoms with E-state index in [1.54, 1.807) is 18.2 Å². The largest absolute Gasteiger partial charge is 0.417 e. The van der Waals surface area contributed by atoms with E-state index in [2.05, 4.69) is 0 Å². The van der Waals surface area contributed by atoms with Crippen LogP contribution in [0.15, 0.2) is 42.5 Å². The third-order valence-electron chi connectivity index (χ3n) is 3.38. The second-order valence-corrected chi connectivity index (χ2v) is 5.16. The molecule has 0 unspecified atom stereocenters. The van der Waals surface area contributed by atoms with Gasteiger partial charge in [0.25, 0.3) is 0 Å². The molecule has 0 fully saturated rings. The molecule has 0 spiro atoms. The third-order valence-corrected chi connectivity index (χ3v) is 3.38. The van der Waals surface area contributed by atoms with Gasteiger partial charge in [0, 0.05) is 5.56 Å². The Hall–Kier alpha value is -2.10. The van der Waals surface area contributed by atoms with Gasteiger partial charge >= 0.3 is 6.18 Å². The van der Waals surface area contributed by atoms with E-state index in [4.69, 9.17) is 0 Å². The molecule has 110 valence electrons. The minimum atomic E-state index is -4.54. The highest BCUT2D eigenvalue weighted by Gasteiger charge is 2.33. The third kappa shape index (κ3) is 3.15. The summed E-state index contributed by atoms with van der Waals surface area (Å²) in [5, 5.41) is 0. The summed E-state index contributed by atoms with van der Waals surface area (Å²) in [6.07, 6.45) is -4.31. The SMILES string of the molecule is CC(C)c1ccccc1-c1ccc(C=O)c(C(F)(F)F)c1. The quantitative estimate of drug-likeness (QED) is 0.701. The maximum atomic E-state index is 13.0. The number of halogens is 3. The van der Waals surface area contributed by atoms with Crippen molar-refractivity contribution in [2.45, 2.75) is 25.9 Å². The Labute approximate surface area is 121 Å². The van der Waals surface area contributed by atoms with Crippen LogP contribution in [0.2, 0.25) is 0 Å². The molecule has 4 heteroatoms. The summed E-state index contributed by atoms with van der Waals surface area (Å²) in [4.78, 5) is 10.8. The molecule has 0 aliphatic rings. The average Bonchev–Trinajstić information content (AvgIpc) is 2.45. The van der Waals surface area contributed by atoms with Gasteiger partial charge in [-0.3, -0.25) is 4.79 Å². The first-order chi connectivity index (χ1) is 9.84. The van der Waals surface area contributed by atoms with Gasteiger partial charge < -0.3 is 0 Å². The Balaban J connectivity index is 2.64. The standard InChI is InChI=1S/C17H15F3O/c1-11(2)14-5-3-4-6-15(14)12-7-8-13(10-21)16(9-12)17(18,19)20/h3-11H,1-2H3. The first kappa shape index (κ1) is 15.3. The monoisotopic (exact) mass is 292 g/mol. The molecule has 0 saturated carbocycles. The van der Waals surface area contributed by atoms with Crippen LogP contribution in [0.25, 0.3) is 11.1 Å². The van der Waals surface area contributed by atoms with Gasteiger partial charge in [-0.1, -0.05) is 50.2 Å². The van der Waals surface area contributed by atoms with Crippen LogP contribution in [0.5, 0.6) is 0 Å². The molecule has 0 aliphatic carbocycles. The molecule has 0 N–H and O–H groups in total. The van der Waals surface area contributed by atoms with Crippen LogP contribution in [0.3, 0.4) is 0 Å². The molecule has 0 aromatic heterocycles. The highest BCUT2D eigenvalue weighted by Crippen LogP contribution is 2.36. The van der Waals surface area contributed by atoms with Crippen LogP contribution in [0.1, 0.15) is 41.3 Å². The normalized spacial score (nSPS) is 11.7. The van der Waals surface area contributed by atoms with Crippen molar-refractivity contribution < 1.29 is 18.0 Å². The fraction of sp³-hybridized carbons (Fsp3) is 0.235. The molecule has 0 heterocycles. The van der Waals surface area contributed by atoms with E-state index in [9.17, 15) is 18.0 Å². The van der Waals surface area contributed by atoms with E-state index < -0.39 is 11.7 Å². The lowest BCUT2D eigenvalue weighted by atomic mass is 9.91. The average molecular weight is 292 g/mol. The summed E-state index contributed by atoms with van der Waals surface area (Å²) in [6.45, 7) is 3.98. The second-order valence-electron chi connectivity index (χ2n) is 5.16. The molecule has 21 heavy (non-hydrogen) atoms. The summed E-state index contributed by atoms with van der Waals surface area (Å²) in [6, 6.07) is 11.2. The molecule has 2 aromatic carbocycles. The topological polar surface area (TPSA) is 17.1 Å². The van der Waals surface area contributed by atoms with Gasteiger partial charge in [0.2, 0.25) is 0 Å². The van der Waals surface area contributed by atoms with Gasteiger partial charge in [-0.05, 0) is 28.7 Å². The molecule has 0 radical (unpaired) electrons. The number of alkyl halides is 3. The first-order valence-electron chi connectivity index (χ1n) is 6.60. The van der Waals surface area contributed by atoms with Crippen molar-refractivity contribution in [3.63, 3.8) is 0 Å². The van der Waals surface area contributed by atoms with Gasteiger partial charge in [0.05, 0.1) is 5.56 Å². The molecule has 2 rings (SSSR count). The fourth-order valence-electron chi connectivity index (χ4n) is 2.34. The lowest BCUT2D eigenvalue weighted by Gasteiger charge is -2.15. The molecule has 0 amide bonds. The fourth-order valence-corrected chi connectivity index (χ4v) is 2.34. The highest BCUT2D eigenvalue weighted by molar-refractivity contribution is 5.80. The summed E-state index contributed by atoms with van der Waals surface area (Å²) < 4.78 is 39.1. The highest BCUT2D eigenvalue weighted by atomic mass is 19.4. The predicted octanol–water partition coefficient (Wildman–Crippen LogP) is 5.31. The summed E-state index contributed by atoms with van der Waals surface area (Å²) >= 11 is 0. The van der Waals surface area contributed by atoms with Gasteiger partial charge in [0.1, 0.15) is 0 Å². The Kier molecular flexibility index (Phi) is 4.16. The molecule has 2 aromatic rings. The summed E-state index contributed by atoms with van der Waals surface area (Å²) in [7, 11) is 0. The molecule has 0 atom stereocenters. The molecular formula is C17H15F3O. The molecule has 0 bridgehead atoms. The Morgan fingerprint density at radius 2 is 1.71 bits per heavy atom. The number of hydrogen-bond donors (Lipinski definition) is 0. The van der Waals surface area contributed by atoms with Crippen molar-refractivity contribution in [1.82, 2.24) is 0 Å². The number of benzene rings is 2. The summed E-state index contributed by atoms with van der Waals surface area (Å²) in [5.41, 5.74) is 0.971. The Bertz CT molecular complexity index is 657. The molecule has 1 nitrogen and oxygen atoms in total. The number of carbonyl (C=O) groups excluding carboxylic acids is 1. The lowest BCUT2D eigenvalue weighted by Crippen LogP contribution is -2.09. The second kappa shape index (κ2) is 5.72. The van der Waals surface area contributed by atoms with E-state index >= 15 is 0 Å². The smallest absolute Gasteiger partial charge is 0.298 e. The first-order valence-corrected chi connectivity index (χ1v) is 6.60. The van der Waals surface area contributed by atoms with Crippen molar-refractivity contribution >= 4 is 6.29 Å². The number of rotatable bonds is 3. The molecular weight excluding hydrogens is 277 g/mol. The maximum Gasteiger partial charge on any atom is 0.417 e. The van der Waals surface area contributed by atoms with Crippen molar-refractivity contribution in [2.75, 3.05) is 0 Å². The van der Waals surface area contributed by atoms with E-state index in [-0.39, 0.29) is 17.8 Å². The van der Waals surface area contributed by atoms with Crippen molar-refractivity contribution in [3.8, 4) is 11.1 Å². The number of hydrogen-bond acceptors (Lipinski definition) is 1. The van der Waals surface area contributed by atoms with Crippen LogP contribution in [-0.4, -0.2) is 6.29 Å². The van der Waals surface area contributed by atoms with E-state index in [1.165, 1.54) is 6.07 Å². The van der Waals surface area contributed by atoms with Crippen LogP contribution < -0.4 is 0 Å². The van der Waals surface area contributed by atoms with E-state index in [0.29, 0.717) is 5.56 Å². The number of aldehydes is 1. The van der Waals surface area contributed by atoms with Gasteiger partial charge in [0.15, 0.2) is 6.29 Å². The van der Waals surface area contributed by atoms with Crippen LogP contribution in [0, 0.1) is 0 Å². The van der Waals surface area contributed by atoms with Crippen molar-refractivity contribution in [2.24, 2.45) is 0 Å². The van der Waals surface area contributed by atoms with E-state index in [1.807, 2.05) is 26.0 Å². The number of carbonyl (C=O) groups is 1. The van der Waals surface area contributed by atoms with Crippen molar-refractivity contribution in [3.05, 3.63) is 59.2 Å². The zero-order valence-corrected chi connectivity index (χ0v) is 11.7. The van der Waals surface area contributed by atoms with Crippen LogP contribution in [-0.2, 0) is 6.18 Å². The predicted molar refractivity (Wildman–Crippen MR) is 76.4 cm³/mol. The summed E-state index contributed by atoms with van der Waals surface area (Å²) in [5.74, 6) is 0.196. The van der Waals surface area contributed by atoms with Gasteiger partial charge in [-0.2, -0.15) is 13.2 Å². The van der Waals surface area contributed by atoms with Crippen LogP contribution >= 0.6 is 0 Å². The maximum absolute atomic E-state index is 13.0. The van der Waals surface area contributed by atoms with Gasteiger partial charge in [-0.25, -0.2) is 0 Å². The van der Waals surface area contributed by atoms with Crippen molar-refractivity contribution in [1.29, 1.82) is 0 Å². The molecule has 0 aliphatic heterocycles. The Morgan fingerprint density at radius 1 is 1.05 bits per heavy atom. The zero-order chi connectivity index (χ0) is 15.6. The minimum absolute atomic E-state index is 0.196. The zero-order valence-electron chi connectivity index (χ0n) is 11.7. The lowest BCUT2D eigenvalue weighted by molar-refractivity contribution is -0.137. The Morgan fingerprint density at radius 3 is 2.29 bits per heavy atom. The van der Waals surface area contributed by atoms with Crippen LogP contribution in [0.4, 0.5) is 13.2 Å². The van der Waals surface area contributed by atoms with E-state index in [0.717, 1.165) is 17.2 Å².